The van der Waals surface area contributed by atoms with Gasteiger partial charge in [0, 0.05) is 31.1 Å². The summed E-state index contributed by atoms with van der Waals surface area (Å²) in [6.07, 6.45) is -0.771. The summed E-state index contributed by atoms with van der Waals surface area (Å²) in [5, 5.41) is 55.2. The predicted molar refractivity (Wildman–Crippen MR) is 204 cm³/mol. The first-order valence-corrected chi connectivity index (χ1v) is 18.0. The molecule has 6 amide bonds. The van der Waals surface area contributed by atoms with E-state index < -0.39 is 120 Å². The number of nitrogens with two attached hydrogens (primary N) is 2. The number of nitrogen functional groups attached to an aromatic ring is 1. The van der Waals surface area contributed by atoms with E-state index in [4.69, 9.17) is 16.6 Å². The normalized spacial score (nSPS) is 14.6. The highest BCUT2D eigenvalue weighted by atomic mass is 16.6. The molecule has 0 aliphatic rings. The molecular weight excluding hydrogens is 750 g/mol. The standard InChI is InChI=1S/C36H51N9O12/c1-5-18(2)30(39-16-22-8-6-7-9-23(22)37)36(55)41-20(4)33(52)44-26(17-46)35(54)40-19(3)32(51)43-25(14-21-10-12-28(47)27(15-21)45(56)57)34(53)42-24(31(38)50)11-13-29(48)49/h6-10,12,15,18-20,24-26,30,39,46-47H,5,11,13-14,16-17,37H2,1-4H3,(H2,38,50)(H,40,54)(H,41,55)(H,42,53)(H,43,51)(H,44,52)(H,48,49)/t18-,19-,20-,24-,25-,26-,30-/m0/s1. The lowest BCUT2D eigenvalue weighted by Gasteiger charge is -2.26. The van der Waals surface area contributed by atoms with Crippen molar-refractivity contribution in [3.63, 3.8) is 0 Å². The van der Waals surface area contributed by atoms with Gasteiger partial charge in [0.25, 0.3) is 0 Å². The minimum Gasteiger partial charge on any atom is -0.502 e. The van der Waals surface area contributed by atoms with Crippen molar-refractivity contribution < 1.29 is 53.8 Å². The monoisotopic (exact) mass is 801 g/mol. The summed E-state index contributed by atoms with van der Waals surface area (Å²) in [4.78, 5) is 99.5. The zero-order chi connectivity index (χ0) is 43.0. The van der Waals surface area contributed by atoms with Crippen LogP contribution in [0.1, 0.15) is 58.1 Å². The smallest absolute Gasteiger partial charge is 0.310 e. The fourth-order valence-electron chi connectivity index (χ4n) is 5.35. The van der Waals surface area contributed by atoms with Gasteiger partial charge in [-0.2, -0.15) is 0 Å². The number of primary amides is 1. The number of nitro groups is 1. The van der Waals surface area contributed by atoms with Gasteiger partial charge < -0.3 is 58.7 Å². The number of aliphatic hydroxyl groups excluding tert-OH is 1. The fourth-order valence-corrected chi connectivity index (χ4v) is 5.35. The van der Waals surface area contributed by atoms with Crippen LogP contribution in [0.5, 0.6) is 5.75 Å². The zero-order valence-corrected chi connectivity index (χ0v) is 31.9. The Balaban J connectivity index is 2.14. The average molecular weight is 802 g/mol. The molecule has 2 aromatic carbocycles. The Kier molecular flexibility index (Phi) is 18.3. The molecule has 13 N–H and O–H groups in total. The SMILES string of the molecule is CC[C@H](C)[C@H](NCc1ccccc1N)C(=O)N[C@@H](C)C(=O)N[C@@H](CO)C(=O)N[C@@H](C)C(=O)N[C@@H](Cc1ccc(O)c([N+](=O)[O-])c1)C(=O)N[C@@H](CCC(=O)O)C(N)=O. The molecule has 2 aromatic rings. The molecule has 0 aliphatic carbocycles. The van der Waals surface area contributed by atoms with Crippen LogP contribution in [-0.4, -0.2) is 105 Å². The first-order chi connectivity index (χ1) is 26.8. The number of hydrogen-bond acceptors (Lipinski definition) is 13. The van der Waals surface area contributed by atoms with Crippen LogP contribution in [0.3, 0.4) is 0 Å². The minimum absolute atomic E-state index is 0.0780. The van der Waals surface area contributed by atoms with Crippen molar-refractivity contribution in [2.45, 2.75) is 96.2 Å². The van der Waals surface area contributed by atoms with Crippen LogP contribution in [0.15, 0.2) is 42.5 Å². The lowest BCUT2D eigenvalue weighted by Crippen LogP contribution is -2.59. The van der Waals surface area contributed by atoms with E-state index in [9.17, 15) is 53.9 Å². The summed E-state index contributed by atoms with van der Waals surface area (Å²) in [6.45, 7) is 5.69. The number of amides is 6. The summed E-state index contributed by atoms with van der Waals surface area (Å²) in [5.74, 6) is -7.59. The number of aliphatic carboxylic acids is 1. The molecule has 0 saturated carbocycles. The summed E-state index contributed by atoms with van der Waals surface area (Å²) in [7, 11) is 0. The van der Waals surface area contributed by atoms with Crippen LogP contribution in [0.2, 0.25) is 0 Å². The third-order valence-corrected chi connectivity index (χ3v) is 9.00. The minimum atomic E-state index is -1.60. The number of anilines is 1. The molecule has 0 spiro atoms. The molecule has 0 aliphatic heterocycles. The molecular formula is C36H51N9O12. The van der Waals surface area contributed by atoms with Crippen molar-refractivity contribution >= 4 is 52.8 Å². The van der Waals surface area contributed by atoms with E-state index in [0.29, 0.717) is 12.1 Å². The number of nitrogens with one attached hydrogen (secondary N) is 6. The number of benzene rings is 2. The second-order valence-electron chi connectivity index (χ2n) is 13.4. The van der Waals surface area contributed by atoms with Crippen molar-refractivity contribution in [1.82, 2.24) is 31.9 Å². The number of carbonyl (C=O) groups excluding carboxylic acids is 6. The Morgan fingerprint density at radius 1 is 0.807 bits per heavy atom. The number of phenols is 1. The number of hydrogen-bond donors (Lipinski definition) is 11. The van der Waals surface area contributed by atoms with E-state index in [-0.39, 0.29) is 18.0 Å². The average Bonchev–Trinajstić information content (AvgIpc) is 3.15. The van der Waals surface area contributed by atoms with Gasteiger partial charge in [0.15, 0.2) is 5.75 Å². The van der Waals surface area contributed by atoms with Crippen molar-refractivity contribution in [3.8, 4) is 5.75 Å². The summed E-state index contributed by atoms with van der Waals surface area (Å²) in [6, 6.07) is 2.29. The van der Waals surface area contributed by atoms with Crippen LogP contribution >= 0.6 is 0 Å². The van der Waals surface area contributed by atoms with Crippen molar-refractivity contribution in [2.75, 3.05) is 12.3 Å². The van der Waals surface area contributed by atoms with Gasteiger partial charge in [-0.15, -0.1) is 0 Å². The molecule has 0 bridgehead atoms. The lowest BCUT2D eigenvalue weighted by atomic mass is 9.97. The number of carboxylic acid groups (broad SMARTS) is 1. The van der Waals surface area contributed by atoms with Crippen LogP contribution in [-0.2, 0) is 46.5 Å². The second-order valence-corrected chi connectivity index (χ2v) is 13.4. The number of phenolic OH excluding ortho intramolecular Hbond substituents is 1. The van der Waals surface area contributed by atoms with Crippen molar-refractivity contribution in [3.05, 3.63) is 63.7 Å². The van der Waals surface area contributed by atoms with E-state index >= 15 is 0 Å². The zero-order valence-electron chi connectivity index (χ0n) is 31.9. The van der Waals surface area contributed by atoms with Gasteiger partial charge in [-0.3, -0.25) is 43.7 Å². The van der Waals surface area contributed by atoms with Crippen molar-refractivity contribution in [2.24, 2.45) is 11.7 Å². The van der Waals surface area contributed by atoms with E-state index in [0.717, 1.165) is 17.7 Å². The summed E-state index contributed by atoms with van der Waals surface area (Å²) < 4.78 is 0. The van der Waals surface area contributed by atoms with Gasteiger partial charge in [0.05, 0.1) is 17.6 Å². The lowest BCUT2D eigenvalue weighted by molar-refractivity contribution is -0.385. The van der Waals surface area contributed by atoms with Crippen LogP contribution in [0.4, 0.5) is 11.4 Å². The number of aromatic hydroxyl groups is 1. The largest absolute Gasteiger partial charge is 0.502 e. The van der Waals surface area contributed by atoms with Crippen molar-refractivity contribution in [1.29, 1.82) is 0 Å². The molecule has 7 atom stereocenters. The number of rotatable bonds is 23. The number of aliphatic hydroxyl groups is 1. The first kappa shape index (κ1) is 46.8. The van der Waals surface area contributed by atoms with Gasteiger partial charge in [-0.25, -0.2) is 0 Å². The third-order valence-electron chi connectivity index (χ3n) is 9.00. The highest BCUT2D eigenvalue weighted by molar-refractivity contribution is 5.96. The summed E-state index contributed by atoms with van der Waals surface area (Å²) >= 11 is 0. The van der Waals surface area contributed by atoms with Crippen LogP contribution < -0.4 is 43.4 Å². The second kappa shape index (κ2) is 22.3. The Hall–Kier alpha value is -6.35. The Labute approximate surface area is 327 Å². The number of para-hydroxylation sites is 1. The molecule has 21 nitrogen and oxygen atoms in total. The maximum absolute atomic E-state index is 13.3. The van der Waals surface area contributed by atoms with Gasteiger partial charge in [-0.05, 0) is 49.4 Å². The number of carboxylic acids is 1. The molecule has 21 heteroatoms. The van der Waals surface area contributed by atoms with E-state index in [2.05, 4.69) is 31.9 Å². The molecule has 0 aromatic heterocycles. The Bertz CT molecular complexity index is 1790. The highest BCUT2D eigenvalue weighted by Crippen LogP contribution is 2.27. The number of nitrogens with zero attached hydrogens (tertiary/aromatic N) is 1. The topological polar surface area (TPSA) is 348 Å². The van der Waals surface area contributed by atoms with E-state index in [1.54, 1.807) is 12.1 Å². The molecule has 0 fully saturated rings. The molecule has 0 unspecified atom stereocenters. The fraction of sp³-hybridized carbons (Fsp3) is 0.472. The Morgan fingerprint density at radius 3 is 1.91 bits per heavy atom. The molecule has 312 valence electrons. The van der Waals surface area contributed by atoms with Gasteiger partial charge in [-0.1, -0.05) is 44.5 Å². The molecule has 0 saturated heterocycles. The third kappa shape index (κ3) is 14.7. The van der Waals surface area contributed by atoms with Crippen LogP contribution in [0.25, 0.3) is 0 Å². The quantitative estimate of drug-likeness (QED) is 0.0344. The van der Waals surface area contributed by atoms with Gasteiger partial charge in [0.1, 0.15) is 30.2 Å². The van der Waals surface area contributed by atoms with Gasteiger partial charge >= 0.3 is 11.7 Å². The number of carbonyl (C=O) groups is 7. The van der Waals surface area contributed by atoms with Gasteiger partial charge in [0.2, 0.25) is 35.4 Å². The molecule has 0 radical (unpaired) electrons. The van der Waals surface area contributed by atoms with E-state index in [1.165, 1.54) is 19.9 Å². The van der Waals surface area contributed by atoms with Crippen LogP contribution in [0, 0.1) is 16.0 Å². The highest BCUT2D eigenvalue weighted by Gasteiger charge is 2.32. The molecule has 57 heavy (non-hydrogen) atoms. The first-order valence-electron chi connectivity index (χ1n) is 18.0. The summed E-state index contributed by atoms with van der Waals surface area (Å²) in [5.41, 5.74) is 12.0. The molecule has 2 rings (SSSR count). The van der Waals surface area contributed by atoms with E-state index in [1.807, 2.05) is 26.0 Å². The maximum Gasteiger partial charge on any atom is 0.310 e. The predicted octanol–water partition coefficient (Wildman–Crippen LogP) is -1.56. The number of nitro benzene ring substituents is 1. The molecule has 0 heterocycles. The maximum atomic E-state index is 13.3. The Morgan fingerprint density at radius 2 is 1.37 bits per heavy atom.